The number of rotatable bonds is 3. The molecule has 1 rings (SSSR count). The predicted octanol–water partition coefficient (Wildman–Crippen LogP) is 0.700. The molecule has 0 saturated carbocycles. The molecule has 0 aromatic heterocycles. The van der Waals surface area contributed by atoms with Gasteiger partial charge < -0.3 is 9.47 Å². The van der Waals surface area contributed by atoms with Crippen LogP contribution < -0.4 is 14.9 Å². The number of carbonyl (C=O) groups excluding carboxylic acids is 1. The average molecular weight is 190 g/mol. The van der Waals surface area contributed by atoms with Crippen LogP contribution in [0, 0.1) is 0 Å². The highest BCUT2D eigenvalue weighted by molar-refractivity contribution is 6.35. The van der Waals surface area contributed by atoms with Crippen molar-refractivity contribution in [2.75, 3.05) is 14.2 Å². The molecule has 72 valence electrons. The van der Waals surface area contributed by atoms with Crippen molar-refractivity contribution < 1.29 is 14.3 Å². The molecule has 0 aliphatic carbocycles. The molecule has 0 amide bonds. The highest BCUT2D eigenvalue weighted by Crippen LogP contribution is 2.25. The van der Waals surface area contributed by atoms with E-state index in [-0.39, 0.29) is 5.78 Å². The van der Waals surface area contributed by atoms with Crippen LogP contribution in [-0.2, 0) is 0 Å². The van der Waals surface area contributed by atoms with Crippen molar-refractivity contribution in [1.29, 1.82) is 0 Å². The minimum atomic E-state index is -0.0577. The van der Waals surface area contributed by atoms with Gasteiger partial charge in [-0.15, -0.1) is 0 Å². The first-order valence-electron chi connectivity index (χ1n) is 4.12. The molecule has 2 radical (unpaired) electrons. The number of ketones is 1. The van der Waals surface area contributed by atoms with Crippen molar-refractivity contribution in [3.63, 3.8) is 0 Å². The summed E-state index contributed by atoms with van der Waals surface area (Å²) in [5, 5.41) is 0. The monoisotopic (exact) mass is 190 g/mol. The fourth-order valence-corrected chi connectivity index (χ4v) is 1.20. The Morgan fingerprint density at radius 3 is 2.36 bits per heavy atom. The van der Waals surface area contributed by atoms with Gasteiger partial charge in [-0.25, -0.2) is 0 Å². The van der Waals surface area contributed by atoms with Crippen LogP contribution >= 0.6 is 0 Å². The summed E-state index contributed by atoms with van der Waals surface area (Å²) < 4.78 is 10.1. The zero-order valence-electron chi connectivity index (χ0n) is 8.46. The van der Waals surface area contributed by atoms with Gasteiger partial charge in [-0.1, -0.05) is 11.5 Å². The van der Waals surface area contributed by atoms with Crippen LogP contribution in [0.1, 0.15) is 17.3 Å². The molecule has 0 bridgehead atoms. The molecule has 14 heavy (non-hydrogen) atoms. The molecule has 0 heterocycles. The van der Waals surface area contributed by atoms with E-state index in [1.807, 2.05) is 0 Å². The van der Waals surface area contributed by atoms with E-state index in [4.69, 9.17) is 17.3 Å². The summed E-state index contributed by atoms with van der Waals surface area (Å²) in [4.78, 5) is 11.1. The van der Waals surface area contributed by atoms with E-state index in [1.54, 1.807) is 12.1 Å². The van der Waals surface area contributed by atoms with Crippen LogP contribution in [-0.4, -0.2) is 27.8 Å². The number of methoxy groups -OCH3 is 2. The normalized spacial score (nSPS) is 9.64. The highest BCUT2D eigenvalue weighted by atomic mass is 16.5. The maximum atomic E-state index is 11.1. The third kappa shape index (κ3) is 1.89. The topological polar surface area (TPSA) is 35.5 Å². The summed E-state index contributed by atoms with van der Waals surface area (Å²) >= 11 is 0. The molecular weight excluding hydrogens is 179 g/mol. The van der Waals surface area contributed by atoms with Gasteiger partial charge in [0.1, 0.15) is 7.85 Å². The second-order valence-electron chi connectivity index (χ2n) is 2.86. The standard InChI is InChI=1S/C10H11BO3/c1-6(12)7-4-8(11)10(14-3)9(5-7)13-2/h4-5H,1-3H3. The lowest BCUT2D eigenvalue weighted by atomic mass is 9.91. The first-order valence-corrected chi connectivity index (χ1v) is 4.12. The van der Waals surface area contributed by atoms with Gasteiger partial charge in [0.15, 0.2) is 17.3 Å². The summed E-state index contributed by atoms with van der Waals surface area (Å²) in [7, 11) is 8.69. The Hall–Kier alpha value is -1.45. The second-order valence-corrected chi connectivity index (χ2v) is 2.86. The molecule has 1 aromatic rings. The molecule has 0 aliphatic rings. The van der Waals surface area contributed by atoms with Gasteiger partial charge in [0, 0.05) is 5.56 Å². The van der Waals surface area contributed by atoms with E-state index in [9.17, 15) is 4.79 Å². The van der Waals surface area contributed by atoms with E-state index in [0.717, 1.165) is 0 Å². The van der Waals surface area contributed by atoms with Crippen molar-refractivity contribution in [1.82, 2.24) is 0 Å². The summed E-state index contributed by atoms with van der Waals surface area (Å²) in [6, 6.07) is 3.18. The van der Waals surface area contributed by atoms with Crippen LogP contribution in [0.5, 0.6) is 11.5 Å². The Morgan fingerprint density at radius 1 is 1.29 bits per heavy atom. The molecule has 3 nitrogen and oxygen atoms in total. The molecular formula is C10H11BO3. The van der Waals surface area contributed by atoms with E-state index in [0.29, 0.717) is 22.5 Å². The van der Waals surface area contributed by atoms with Crippen molar-refractivity contribution in [3.05, 3.63) is 17.7 Å². The highest BCUT2D eigenvalue weighted by Gasteiger charge is 2.10. The predicted molar refractivity (Wildman–Crippen MR) is 54.9 cm³/mol. The zero-order valence-corrected chi connectivity index (χ0v) is 8.46. The van der Waals surface area contributed by atoms with E-state index in [1.165, 1.54) is 21.1 Å². The summed E-state index contributed by atoms with van der Waals surface area (Å²) in [6.07, 6.45) is 0. The SMILES string of the molecule is [B]c1cc(C(C)=O)cc(OC)c1OC. The van der Waals surface area contributed by atoms with Gasteiger partial charge >= 0.3 is 0 Å². The van der Waals surface area contributed by atoms with Crippen LogP contribution in [0.4, 0.5) is 0 Å². The maximum absolute atomic E-state index is 11.1. The van der Waals surface area contributed by atoms with Crippen LogP contribution in [0.2, 0.25) is 0 Å². The first kappa shape index (κ1) is 10.6. The average Bonchev–Trinajstić information content (AvgIpc) is 2.16. The first-order chi connectivity index (χ1) is 6.60. The van der Waals surface area contributed by atoms with Gasteiger partial charge in [0.2, 0.25) is 0 Å². The lowest BCUT2D eigenvalue weighted by molar-refractivity contribution is 0.101. The zero-order chi connectivity index (χ0) is 10.7. The number of carbonyl (C=O) groups is 1. The summed E-state index contributed by atoms with van der Waals surface area (Å²) in [6.45, 7) is 1.47. The quantitative estimate of drug-likeness (QED) is 0.519. The largest absolute Gasteiger partial charge is 0.493 e. The summed E-state index contributed by atoms with van der Waals surface area (Å²) in [5.74, 6) is 0.868. The maximum Gasteiger partial charge on any atom is 0.160 e. The van der Waals surface area contributed by atoms with Gasteiger partial charge in [0.25, 0.3) is 0 Å². The van der Waals surface area contributed by atoms with E-state index < -0.39 is 0 Å². The number of ether oxygens (including phenoxy) is 2. The Labute approximate surface area is 84.4 Å². The molecule has 0 saturated heterocycles. The molecule has 0 atom stereocenters. The van der Waals surface area contributed by atoms with Crippen LogP contribution in [0.15, 0.2) is 12.1 Å². The molecule has 0 fully saturated rings. The summed E-state index contributed by atoms with van der Waals surface area (Å²) in [5.41, 5.74) is 0.914. The number of benzene rings is 1. The Morgan fingerprint density at radius 2 is 1.93 bits per heavy atom. The fraction of sp³-hybridized carbons (Fsp3) is 0.300. The minimum Gasteiger partial charge on any atom is -0.493 e. The van der Waals surface area contributed by atoms with Gasteiger partial charge in [-0.3, -0.25) is 4.79 Å². The molecule has 4 heteroatoms. The molecule has 0 spiro atoms. The third-order valence-electron chi connectivity index (χ3n) is 1.91. The number of hydrogen-bond acceptors (Lipinski definition) is 3. The van der Waals surface area contributed by atoms with Crippen molar-refractivity contribution >= 4 is 19.1 Å². The van der Waals surface area contributed by atoms with E-state index in [2.05, 4.69) is 0 Å². The van der Waals surface area contributed by atoms with Crippen molar-refractivity contribution in [3.8, 4) is 11.5 Å². The minimum absolute atomic E-state index is 0.0577. The molecule has 0 aliphatic heterocycles. The number of Topliss-reactive ketones (excluding diaryl/α,β-unsaturated/α-hetero) is 1. The van der Waals surface area contributed by atoms with Crippen molar-refractivity contribution in [2.45, 2.75) is 6.92 Å². The van der Waals surface area contributed by atoms with Crippen molar-refractivity contribution in [2.24, 2.45) is 0 Å². The van der Waals surface area contributed by atoms with Gasteiger partial charge in [-0.05, 0) is 13.0 Å². The third-order valence-corrected chi connectivity index (χ3v) is 1.91. The Kier molecular flexibility index (Phi) is 3.17. The van der Waals surface area contributed by atoms with Gasteiger partial charge in [0.05, 0.1) is 14.2 Å². The Bertz CT molecular complexity index is 361. The number of hydrogen-bond donors (Lipinski definition) is 0. The molecule has 0 N–H and O–H groups in total. The van der Waals surface area contributed by atoms with E-state index >= 15 is 0 Å². The Balaban J connectivity index is 3.31. The molecule has 0 unspecified atom stereocenters. The molecule has 1 aromatic carbocycles. The smallest absolute Gasteiger partial charge is 0.160 e. The lowest BCUT2D eigenvalue weighted by Gasteiger charge is -2.11. The lowest BCUT2D eigenvalue weighted by Crippen LogP contribution is -2.11. The van der Waals surface area contributed by atoms with Crippen LogP contribution in [0.25, 0.3) is 0 Å². The fourth-order valence-electron chi connectivity index (χ4n) is 1.20. The van der Waals surface area contributed by atoms with Crippen LogP contribution in [0.3, 0.4) is 0 Å². The second kappa shape index (κ2) is 4.18. The van der Waals surface area contributed by atoms with Gasteiger partial charge in [-0.2, -0.15) is 0 Å².